The van der Waals surface area contributed by atoms with Gasteiger partial charge < -0.3 is 5.73 Å². The number of pyridine rings is 1. The lowest BCUT2D eigenvalue weighted by Gasteiger charge is -2.02. The second kappa shape index (κ2) is 4.45. The quantitative estimate of drug-likeness (QED) is 0.841. The molecule has 84 valence electrons. The maximum atomic E-state index is 5.57. The summed E-state index contributed by atoms with van der Waals surface area (Å²) in [5, 5.41) is 4.49. The topological polar surface area (TPSA) is 56.7 Å². The van der Waals surface area contributed by atoms with Gasteiger partial charge in [0.25, 0.3) is 0 Å². The third-order valence-corrected chi connectivity index (χ3v) is 2.70. The van der Waals surface area contributed by atoms with Gasteiger partial charge in [-0.05, 0) is 31.2 Å². The van der Waals surface area contributed by atoms with Crippen LogP contribution >= 0.6 is 0 Å². The fourth-order valence-corrected chi connectivity index (χ4v) is 1.97. The molecule has 0 aliphatic heterocycles. The van der Waals surface area contributed by atoms with Crippen LogP contribution in [0.3, 0.4) is 0 Å². The molecule has 2 aromatic heterocycles. The summed E-state index contributed by atoms with van der Waals surface area (Å²) in [4.78, 5) is 4.13. The van der Waals surface area contributed by atoms with E-state index in [0.717, 1.165) is 23.4 Å². The van der Waals surface area contributed by atoms with E-state index in [1.807, 2.05) is 30.1 Å². The predicted octanol–water partition coefficient (Wildman–Crippen LogP) is 1.29. The van der Waals surface area contributed by atoms with Gasteiger partial charge in [-0.15, -0.1) is 0 Å². The zero-order chi connectivity index (χ0) is 11.5. The van der Waals surface area contributed by atoms with Crippen molar-refractivity contribution >= 4 is 0 Å². The molecule has 4 nitrogen and oxygen atoms in total. The van der Waals surface area contributed by atoms with Crippen molar-refractivity contribution in [3.05, 3.63) is 35.8 Å². The number of rotatable bonds is 3. The van der Waals surface area contributed by atoms with Crippen LogP contribution in [0, 0.1) is 6.92 Å². The van der Waals surface area contributed by atoms with Crippen molar-refractivity contribution in [3.63, 3.8) is 0 Å². The van der Waals surface area contributed by atoms with E-state index in [-0.39, 0.29) is 0 Å². The number of aromatic nitrogens is 3. The van der Waals surface area contributed by atoms with Crippen LogP contribution in [0.4, 0.5) is 0 Å². The van der Waals surface area contributed by atoms with Crippen molar-refractivity contribution in [1.29, 1.82) is 0 Å². The van der Waals surface area contributed by atoms with E-state index >= 15 is 0 Å². The summed E-state index contributed by atoms with van der Waals surface area (Å²) in [6, 6.07) is 3.98. The average Bonchev–Trinajstić information content (AvgIpc) is 2.56. The van der Waals surface area contributed by atoms with Gasteiger partial charge in [-0.2, -0.15) is 5.10 Å². The lowest BCUT2D eigenvalue weighted by Crippen LogP contribution is -2.04. The molecule has 2 heterocycles. The van der Waals surface area contributed by atoms with Gasteiger partial charge in [0.05, 0.1) is 11.4 Å². The number of hydrogen-bond donors (Lipinski definition) is 1. The van der Waals surface area contributed by atoms with Crippen molar-refractivity contribution < 1.29 is 0 Å². The maximum Gasteiger partial charge on any atom is 0.0726 e. The van der Waals surface area contributed by atoms with Gasteiger partial charge in [0.2, 0.25) is 0 Å². The molecule has 0 spiro atoms. The Bertz CT molecular complexity index is 473. The normalized spacial score (nSPS) is 10.7. The number of nitrogens with zero attached hydrogens (tertiary/aromatic N) is 3. The Balaban J connectivity index is 2.49. The number of nitrogens with two attached hydrogens (primary N) is 1. The first-order valence-electron chi connectivity index (χ1n) is 5.37. The molecule has 2 aromatic rings. The first kappa shape index (κ1) is 10.8. The maximum absolute atomic E-state index is 5.57. The largest absolute Gasteiger partial charge is 0.330 e. The molecule has 0 unspecified atom stereocenters. The van der Waals surface area contributed by atoms with Gasteiger partial charge in [0.1, 0.15) is 0 Å². The minimum atomic E-state index is 0.629. The highest BCUT2D eigenvalue weighted by atomic mass is 15.3. The summed E-state index contributed by atoms with van der Waals surface area (Å²) >= 11 is 0. The molecule has 2 rings (SSSR count). The predicted molar refractivity (Wildman–Crippen MR) is 63.9 cm³/mol. The van der Waals surface area contributed by atoms with Gasteiger partial charge in [-0.3, -0.25) is 9.67 Å². The molecular formula is C12H16N4. The molecule has 0 atom stereocenters. The van der Waals surface area contributed by atoms with E-state index < -0.39 is 0 Å². The molecule has 0 saturated heterocycles. The van der Waals surface area contributed by atoms with Crippen LogP contribution in [-0.4, -0.2) is 21.3 Å². The third kappa shape index (κ3) is 1.84. The van der Waals surface area contributed by atoms with E-state index in [1.165, 1.54) is 5.56 Å². The molecule has 0 saturated carbocycles. The fraction of sp³-hybridized carbons (Fsp3) is 0.333. The van der Waals surface area contributed by atoms with E-state index in [0.29, 0.717) is 6.54 Å². The summed E-state index contributed by atoms with van der Waals surface area (Å²) in [5.74, 6) is 0. The lowest BCUT2D eigenvalue weighted by molar-refractivity contribution is 0.745. The Kier molecular flexibility index (Phi) is 3.01. The van der Waals surface area contributed by atoms with E-state index in [9.17, 15) is 0 Å². The Morgan fingerprint density at radius 2 is 2.25 bits per heavy atom. The van der Waals surface area contributed by atoms with Gasteiger partial charge in [0.15, 0.2) is 0 Å². The highest BCUT2D eigenvalue weighted by Crippen LogP contribution is 2.24. The summed E-state index contributed by atoms with van der Waals surface area (Å²) in [6.07, 6.45) is 4.45. The van der Waals surface area contributed by atoms with E-state index in [2.05, 4.69) is 17.0 Å². The lowest BCUT2D eigenvalue weighted by atomic mass is 10.1. The van der Waals surface area contributed by atoms with Crippen molar-refractivity contribution in [3.8, 4) is 11.3 Å². The van der Waals surface area contributed by atoms with Crippen LogP contribution < -0.4 is 5.73 Å². The van der Waals surface area contributed by atoms with E-state index in [1.54, 1.807) is 6.20 Å². The smallest absolute Gasteiger partial charge is 0.0726 e. The third-order valence-electron chi connectivity index (χ3n) is 2.70. The van der Waals surface area contributed by atoms with Crippen LogP contribution in [0.25, 0.3) is 11.3 Å². The second-order valence-corrected chi connectivity index (χ2v) is 3.82. The van der Waals surface area contributed by atoms with Gasteiger partial charge in [-0.25, -0.2) is 0 Å². The summed E-state index contributed by atoms with van der Waals surface area (Å²) in [6.45, 7) is 2.71. The van der Waals surface area contributed by atoms with Crippen LogP contribution in [0.5, 0.6) is 0 Å². The SMILES string of the molecule is Cc1c(CCN)nn(C)c1-c1cccnc1. The fourth-order valence-electron chi connectivity index (χ4n) is 1.97. The Morgan fingerprint density at radius 1 is 1.44 bits per heavy atom. The zero-order valence-electron chi connectivity index (χ0n) is 9.64. The zero-order valence-corrected chi connectivity index (χ0v) is 9.64. The molecule has 0 aliphatic rings. The minimum absolute atomic E-state index is 0.629. The van der Waals surface area contributed by atoms with Gasteiger partial charge >= 0.3 is 0 Å². The average molecular weight is 216 g/mol. The molecular weight excluding hydrogens is 200 g/mol. The van der Waals surface area contributed by atoms with Gasteiger partial charge in [0, 0.05) is 31.4 Å². The monoisotopic (exact) mass is 216 g/mol. The van der Waals surface area contributed by atoms with Crippen molar-refractivity contribution in [2.24, 2.45) is 12.8 Å². The molecule has 0 aliphatic carbocycles. The number of hydrogen-bond acceptors (Lipinski definition) is 3. The minimum Gasteiger partial charge on any atom is -0.330 e. The molecule has 16 heavy (non-hydrogen) atoms. The molecule has 0 aromatic carbocycles. The Morgan fingerprint density at radius 3 is 2.88 bits per heavy atom. The highest BCUT2D eigenvalue weighted by molar-refractivity contribution is 5.63. The number of aryl methyl sites for hydroxylation is 1. The molecule has 0 bridgehead atoms. The highest BCUT2D eigenvalue weighted by Gasteiger charge is 2.12. The van der Waals surface area contributed by atoms with Crippen molar-refractivity contribution in [2.45, 2.75) is 13.3 Å². The van der Waals surface area contributed by atoms with Crippen LogP contribution in [-0.2, 0) is 13.5 Å². The summed E-state index contributed by atoms with van der Waals surface area (Å²) < 4.78 is 1.90. The standard InChI is InChI=1S/C12H16N4/c1-9-11(5-6-13)15-16(2)12(9)10-4-3-7-14-8-10/h3-4,7-8H,5-6,13H2,1-2H3. The molecule has 0 amide bonds. The van der Waals surface area contributed by atoms with Gasteiger partial charge in [-0.1, -0.05) is 0 Å². The van der Waals surface area contributed by atoms with Crippen molar-refractivity contribution in [1.82, 2.24) is 14.8 Å². The first-order chi connectivity index (χ1) is 7.74. The summed E-state index contributed by atoms with van der Waals surface area (Å²) in [7, 11) is 1.95. The Hall–Kier alpha value is -1.68. The molecule has 4 heteroatoms. The first-order valence-corrected chi connectivity index (χ1v) is 5.37. The van der Waals surface area contributed by atoms with Crippen molar-refractivity contribution in [2.75, 3.05) is 6.54 Å². The molecule has 0 fully saturated rings. The summed E-state index contributed by atoms with van der Waals surface area (Å²) in [5.41, 5.74) is 10.1. The molecule has 2 N–H and O–H groups in total. The Labute approximate surface area is 95.1 Å². The van der Waals surface area contributed by atoms with Crippen LogP contribution in [0.2, 0.25) is 0 Å². The van der Waals surface area contributed by atoms with Crippen LogP contribution in [0.1, 0.15) is 11.3 Å². The van der Waals surface area contributed by atoms with Crippen LogP contribution in [0.15, 0.2) is 24.5 Å². The second-order valence-electron chi connectivity index (χ2n) is 3.82. The molecule has 0 radical (unpaired) electrons. The van der Waals surface area contributed by atoms with E-state index in [4.69, 9.17) is 5.73 Å².